The van der Waals surface area contributed by atoms with Crippen LogP contribution in [-0.4, -0.2) is 47.7 Å². The van der Waals surface area contributed by atoms with Crippen LogP contribution >= 0.6 is 0 Å². The van der Waals surface area contributed by atoms with Crippen molar-refractivity contribution in [2.75, 3.05) is 19.7 Å². The van der Waals surface area contributed by atoms with E-state index < -0.39 is 0 Å². The average Bonchev–Trinajstić information content (AvgIpc) is 2.48. The lowest BCUT2D eigenvalue weighted by Crippen LogP contribution is -2.51. The minimum absolute atomic E-state index is 0.0292. The number of nitrogens with one attached hydrogen (secondary N) is 1. The highest BCUT2D eigenvalue weighted by molar-refractivity contribution is 5.81. The van der Waals surface area contributed by atoms with Gasteiger partial charge in [0.1, 0.15) is 0 Å². The highest BCUT2D eigenvalue weighted by Gasteiger charge is 2.28. The number of aliphatic hydroxyl groups excluding tert-OH is 1. The summed E-state index contributed by atoms with van der Waals surface area (Å²) < 4.78 is 0. The van der Waals surface area contributed by atoms with Crippen LogP contribution in [0.25, 0.3) is 0 Å². The van der Waals surface area contributed by atoms with Gasteiger partial charge in [0, 0.05) is 19.2 Å². The second-order valence-electron chi connectivity index (χ2n) is 6.53. The van der Waals surface area contributed by atoms with Crippen LogP contribution in [0.3, 0.4) is 0 Å². The first-order valence-electron chi connectivity index (χ1n) is 8.36. The zero-order valence-electron chi connectivity index (χ0n) is 12.8. The second-order valence-corrected chi connectivity index (χ2v) is 6.53. The van der Waals surface area contributed by atoms with Crippen LogP contribution in [0.15, 0.2) is 0 Å². The number of hydrogen-bond donors (Lipinski definition) is 2. The predicted octanol–water partition coefficient (Wildman–Crippen LogP) is 1.92. The van der Waals surface area contributed by atoms with E-state index in [-0.39, 0.29) is 18.6 Å². The van der Waals surface area contributed by atoms with Gasteiger partial charge in [-0.15, -0.1) is 0 Å². The number of likely N-dealkylation sites (tertiary alicyclic amines) is 1. The van der Waals surface area contributed by atoms with Crippen molar-refractivity contribution in [2.24, 2.45) is 5.92 Å². The molecule has 116 valence electrons. The summed E-state index contributed by atoms with van der Waals surface area (Å²) in [5.74, 6) is 0.750. The Labute approximate surface area is 122 Å². The Hall–Kier alpha value is -0.610. The van der Waals surface area contributed by atoms with Gasteiger partial charge in [-0.05, 0) is 51.5 Å². The number of carbonyl (C=O) groups excluding carboxylic acids is 1. The first-order chi connectivity index (χ1) is 9.70. The molecule has 0 radical (unpaired) electrons. The van der Waals surface area contributed by atoms with Gasteiger partial charge < -0.3 is 10.4 Å². The van der Waals surface area contributed by atoms with Gasteiger partial charge in [0.25, 0.3) is 0 Å². The molecule has 1 saturated heterocycles. The molecule has 4 nitrogen and oxygen atoms in total. The molecule has 2 N–H and O–H groups in total. The van der Waals surface area contributed by atoms with Crippen molar-refractivity contribution in [2.45, 2.75) is 70.4 Å². The van der Waals surface area contributed by atoms with Crippen molar-refractivity contribution in [3.05, 3.63) is 0 Å². The topological polar surface area (TPSA) is 52.6 Å². The summed E-state index contributed by atoms with van der Waals surface area (Å²) in [6.07, 6.45) is 9.31. The van der Waals surface area contributed by atoms with Crippen molar-refractivity contribution in [3.63, 3.8) is 0 Å². The molecule has 0 bridgehead atoms. The van der Waals surface area contributed by atoms with Gasteiger partial charge >= 0.3 is 0 Å². The molecular weight excluding hydrogens is 252 g/mol. The number of amides is 1. The number of carbonyl (C=O) groups is 1. The fraction of sp³-hybridized carbons (Fsp3) is 0.938. The van der Waals surface area contributed by atoms with E-state index >= 15 is 0 Å². The molecule has 0 aromatic rings. The minimum Gasteiger partial charge on any atom is -0.396 e. The third kappa shape index (κ3) is 4.45. The number of rotatable bonds is 5. The van der Waals surface area contributed by atoms with Crippen LogP contribution < -0.4 is 5.32 Å². The van der Waals surface area contributed by atoms with E-state index in [1.807, 2.05) is 6.92 Å². The lowest BCUT2D eigenvalue weighted by molar-refractivity contribution is -0.127. The van der Waals surface area contributed by atoms with E-state index in [0.29, 0.717) is 12.0 Å². The van der Waals surface area contributed by atoms with Crippen LogP contribution in [0, 0.1) is 5.92 Å². The summed E-state index contributed by atoms with van der Waals surface area (Å²) in [4.78, 5) is 14.7. The number of hydrogen-bond acceptors (Lipinski definition) is 3. The van der Waals surface area contributed by atoms with Crippen molar-refractivity contribution in [3.8, 4) is 0 Å². The van der Waals surface area contributed by atoms with E-state index in [4.69, 9.17) is 5.11 Å². The number of piperidine rings is 1. The van der Waals surface area contributed by atoms with E-state index in [0.717, 1.165) is 38.8 Å². The van der Waals surface area contributed by atoms with E-state index in [1.165, 1.54) is 25.7 Å². The standard InChI is InChI=1S/C16H30N2O2/c1-13(16(20)17-15-7-3-2-4-8-15)18-10-5-6-14(12-18)9-11-19/h13-15,19H,2-12H2,1H3,(H,17,20). The molecule has 4 heteroatoms. The molecule has 2 fully saturated rings. The Kier molecular flexibility index (Phi) is 6.30. The van der Waals surface area contributed by atoms with Gasteiger partial charge in [-0.3, -0.25) is 9.69 Å². The molecule has 2 atom stereocenters. The molecule has 0 spiro atoms. The first-order valence-corrected chi connectivity index (χ1v) is 8.36. The van der Waals surface area contributed by atoms with Crippen LogP contribution in [0.4, 0.5) is 0 Å². The van der Waals surface area contributed by atoms with E-state index in [1.54, 1.807) is 0 Å². The fourth-order valence-corrected chi connectivity index (χ4v) is 3.60. The number of aliphatic hydroxyl groups is 1. The van der Waals surface area contributed by atoms with E-state index in [2.05, 4.69) is 10.2 Å². The summed E-state index contributed by atoms with van der Waals surface area (Å²) in [5.41, 5.74) is 0. The molecule has 20 heavy (non-hydrogen) atoms. The monoisotopic (exact) mass is 282 g/mol. The smallest absolute Gasteiger partial charge is 0.237 e. The van der Waals surface area contributed by atoms with Gasteiger partial charge in [0.15, 0.2) is 0 Å². The van der Waals surface area contributed by atoms with Crippen molar-refractivity contribution >= 4 is 5.91 Å². The van der Waals surface area contributed by atoms with Gasteiger partial charge in [0.2, 0.25) is 5.91 Å². The van der Waals surface area contributed by atoms with Crippen molar-refractivity contribution in [1.29, 1.82) is 0 Å². The van der Waals surface area contributed by atoms with Gasteiger partial charge in [-0.2, -0.15) is 0 Å². The summed E-state index contributed by atoms with van der Waals surface area (Å²) in [6.45, 7) is 4.27. The zero-order valence-corrected chi connectivity index (χ0v) is 12.8. The summed E-state index contributed by atoms with van der Waals surface area (Å²) in [7, 11) is 0. The molecular formula is C16H30N2O2. The predicted molar refractivity (Wildman–Crippen MR) is 80.5 cm³/mol. The van der Waals surface area contributed by atoms with Gasteiger partial charge in [0.05, 0.1) is 6.04 Å². The summed E-state index contributed by atoms with van der Waals surface area (Å²) >= 11 is 0. The molecule has 0 aromatic carbocycles. The molecule has 2 aliphatic rings. The quantitative estimate of drug-likeness (QED) is 0.810. The highest BCUT2D eigenvalue weighted by atomic mass is 16.3. The zero-order chi connectivity index (χ0) is 14.4. The molecule has 1 amide bonds. The second kappa shape index (κ2) is 7.99. The molecule has 2 rings (SSSR count). The highest BCUT2D eigenvalue weighted by Crippen LogP contribution is 2.22. The Bertz CT molecular complexity index is 301. The molecule has 0 aromatic heterocycles. The summed E-state index contributed by atoms with van der Waals surface area (Å²) in [5, 5.41) is 12.3. The Balaban J connectivity index is 1.79. The minimum atomic E-state index is -0.0292. The molecule has 1 saturated carbocycles. The Morgan fingerprint density at radius 1 is 1.25 bits per heavy atom. The lowest BCUT2D eigenvalue weighted by Gasteiger charge is -2.36. The van der Waals surface area contributed by atoms with Crippen LogP contribution in [0.2, 0.25) is 0 Å². The molecule has 1 aliphatic carbocycles. The maximum Gasteiger partial charge on any atom is 0.237 e. The average molecular weight is 282 g/mol. The largest absolute Gasteiger partial charge is 0.396 e. The van der Waals surface area contributed by atoms with Crippen molar-refractivity contribution in [1.82, 2.24) is 10.2 Å². The SMILES string of the molecule is CC(C(=O)NC1CCCCC1)N1CCCC(CCO)C1. The van der Waals surface area contributed by atoms with E-state index in [9.17, 15) is 4.79 Å². The Morgan fingerprint density at radius 2 is 2.00 bits per heavy atom. The van der Waals surface area contributed by atoms with Gasteiger partial charge in [-0.1, -0.05) is 19.3 Å². The van der Waals surface area contributed by atoms with Crippen LogP contribution in [-0.2, 0) is 4.79 Å². The maximum atomic E-state index is 12.4. The molecule has 2 unspecified atom stereocenters. The normalized spacial score (nSPS) is 27.2. The lowest BCUT2D eigenvalue weighted by atomic mass is 9.93. The maximum absolute atomic E-state index is 12.4. The number of nitrogens with zero attached hydrogens (tertiary/aromatic N) is 1. The van der Waals surface area contributed by atoms with Gasteiger partial charge in [-0.25, -0.2) is 0 Å². The van der Waals surface area contributed by atoms with Crippen LogP contribution in [0.5, 0.6) is 0 Å². The van der Waals surface area contributed by atoms with Crippen molar-refractivity contribution < 1.29 is 9.90 Å². The summed E-state index contributed by atoms with van der Waals surface area (Å²) in [6, 6.07) is 0.371. The van der Waals surface area contributed by atoms with Crippen LogP contribution in [0.1, 0.15) is 58.3 Å². The fourth-order valence-electron chi connectivity index (χ4n) is 3.60. The third-order valence-electron chi connectivity index (χ3n) is 4.97. The third-order valence-corrected chi connectivity index (χ3v) is 4.97. The molecule has 1 aliphatic heterocycles. The molecule has 1 heterocycles. The Morgan fingerprint density at radius 3 is 2.70 bits per heavy atom. The first kappa shape index (κ1) is 15.8.